The molecule has 0 saturated heterocycles. The number of carbonyl (C=O) groups is 3. The number of aliphatic hydroxyl groups excluding tert-OH is 1. The highest BCUT2D eigenvalue weighted by Gasteiger charge is 2.49. The highest BCUT2D eigenvalue weighted by Crippen LogP contribution is 2.46. The van der Waals surface area contributed by atoms with E-state index in [4.69, 9.17) is 0 Å². The molecule has 2 aliphatic rings. The van der Waals surface area contributed by atoms with Gasteiger partial charge in [0.05, 0.1) is 17.9 Å². The third-order valence-electron chi connectivity index (χ3n) is 8.14. The quantitative estimate of drug-likeness (QED) is 0.253. The van der Waals surface area contributed by atoms with Crippen LogP contribution in [0.5, 0.6) is 0 Å². The summed E-state index contributed by atoms with van der Waals surface area (Å²) in [7, 11) is 0. The summed E-state index contributed by atoms with van der Waals surface area (Å²) in [5, 5.41) is 25.9. The second-order valence-electron chi connectivity index (χ2n) is 10.7. The molecule has 3 amide bonds. The molecule has 0 saturated carbocycles. The lowest BCUT2D eigenvalue weighted by Gasteiger charge is -2.27. The first-order valence-corrected chi connectivity index (χ1v) is 14.0. The molecule has 0 fully saturated rings. The molecule has 0 aliphatic carbocycles. The molecule has 42 heavy (non-hydrogen) atoms. The van der Waals surface area contributed by atoms with E-state index < -0.39 is 17.4 Å². The van der Waals surface area contributed by atoms with Crippen molar-refractivity contribution in [3.8, 4) is 0 Å². The van der Waals surface area contributed by atoms with Crippen LogP contribution in [0.4, 0.5) is 17.1 Å². The third-order valence-corrected chi connectivity index (χ3v) is 8.14. The molecule has 8 heteroatoms. The van der Waals surface area contributed by atoms with Crippen molar-refractivity contribution in [3.05, 3.63) is 114 Å². The SMILES string of the molecule is C[C@H](/C=C/CC(=O)N(CCO)Cc1ccccc1)[C@@]1(O)C(=O)Nc2ccc(N3C(=O)c4cccc5cccc3c45)cc21. The van der Waals surface area contributed by atoms with Crippen molar-refractivity contribution in [1.82, 2.24) is 4.90 Å². The summed E-state index contributed by atoms with van der Waals surface area (Å²) in [6.45, 7) is 2.14. The summed E-state index contributed by atoms with van der Waals surface area (Å²) < 4.78 is 0. The van der Waals surface area contributed by atoms with Crippen LogP contribution in [0.25, 0.3) is 10.8 Å². The fourth-order valence-electron chi connectivity index (χ4n) is 5.92. The van der Waals surface area contributed by atoms with Gasteiger partial charge in [-0.05, 0) is 41.3 Å². The maximum Gasteiger partial charge on any atom is 0.263 e. The minimum Gasteiger partial charge on any atom is -0.395 e. The predicted molar refractivity (Wildman–Crippen MR) is 161 cm³/mol. The molecule has 2 heterocycles. The molecule has 0 spiro atoms. The molecule has 2 atom stereocenters. The average Bonchev–Trinajstić information content (AvgIpc) is 3.44. The Hall–Kier alpha value is -4.79. The Morgan fingerprint density at radius 2 is 1.79 bits per heavy atom. The molecule has 6 rings (SSSR count). The molecule has 0 aromatic heterocycles. The number of hydrogen-bond acceptors (Lipinski definition) is 5. The van der Waals surface area contributed by atoms with Crippen LogP contribution in [0, 0.1) is 5.92 Å². The van der Waals surface area contributed by atoms with Gasteiger partial charge in [-0.3, -0.25) is 19.3 Å². The van der Waals surface area contributed by atoms with Gasteiger partial charge in [-0.2, -0.15) is 0 Å². The van der Waals surface area contributed by atoms with Crippen LogP contribution in [0.3, 0.4) is 0 Å². The average molecular weight is 562 g/mol. The fourth-order valence-corrected chi connectivity index (χ4v) is 5.92. The van der Waals surface area contributed by atoms with Gasteiger partial charge < -0.3 is 20.4 Å². The van der Waals surface area contributed by atoms with Crippen molar-refractivity contribution in [1.29, 1.82) is 0 Å². The number of nitrogens with one attached hydrogen (secondary N) is 1. The molecule has 0 unspecified atom stereocenters. The molecule has 8 nitrogen and oxygen atoms in total. The van der Waals surface area contributed by atoms with Gasteiger partial charge in [-0.25, -0.2) is 0 Å². The van der Waals surface area contributed by atoms with E-state index in [1.807, 2.05) is 60.7 Å². The molecule has 0 bridgehead atoms. The highest BCUT2D eigenvalue weighted by atomic mass is 16.3. The number of benzene rings is 4. The normalized spacial score (nSPS) is 18.0. The lowest BCUT2D eigenvalue weighted by Crippen LogP contribution is -2.40. The van der Waals surface area contributed by atoms with Gasteiger partial charge in [0.1, 0.15) is 0 Å². The first kappa shape index (κ1) is 27.4. The number of fused-ring (bicyclic) bond motifs is 1. The number of anilines is 3. The summed E-state index contributed by atoms with van der Waals surface area (Å²) >= 11 is 0. The molecule has 2 aliphatic heterocycles. The van der Waals surface area contributed by atoms with E-state index >= 15 is 0 Å². The summed E-state index contributed by atoms with van der Waals surface area (Å²) in [6, 6.07) is 26.1. The van der Waals surface area contributed by atoms with Crippen LogP contribution >= 0.6 is 0 Å². The molecule has 4 aromatic rings. The van der Waals surface area contributed by atoms with Crippen LogP contribution in [0.15, 0.2) is 97.1 Å². The number of aliphatic hydroxyl groups is 2. The minimum absolute atomic E-state index is 0.0479. The highest BCUT2D eigenvalue weighted by molar-refractivity contribution is 6.28. The van der Waals surface area contributed by atoms with E-state index in [1.165, 1.54) is 0 Å². The zero-order valence-corrected chi connectivity index (χ0v) is 23.2. The van der Waals surface area contributed by atoms with Crippen LogP contribution in [-0.4, -0.2) is 46.0 Å². The molecule has 0 radical (unpaired) electrons. The number of rotatable bonds is 9. The molecular weight excluding hydrogens is 530 g/mol. The van der Waals surface area contributed by atoms with Crippen molar-refractivity contribution in [2.45, 2.75) is 25.5 Å². The van der Waals surface area contributed by atoms with Gasteiger partial charge >= 0.3 is 0 Å². The summed E-state index contributed by atoms with van der Waals surface area (Å²) in [5.41, 5.74) is 1.81. The summed E-state index contributed by atoms with van der Waals surface area (Å²) in [6.07, 6.45) is 3.36. The van der Waals surface area contributed by atoms with Crippen molar-refractivity contribution < 1.29 is 24.6 Å². The lowest BCUT2D eigenvalue weighted by atomic mass is 9.82. The van der Waals surface area contributed by atoms with E-state index in [2.05, 4.69) is 5.32 Å². The molecule has 3 N–H and O–H groups in total. The van der Waals surface area contributed by atoms with E-state index in [-0.39, 0.29) is 31.4 Å². The van der Waals surface area contributed by atoms with Crippen molar-refractivity contribution in [2.75, 3.05) is 23.4 Å². The number of nitrogens with zero attached hydrogens (tertiary/aromatic N) is 2. The second-order valence-corrected chi connectivity index (χ2v) is 10.7. The third kappa shape index (κ3) is 4.55. The van der Waals surface area contributed by atoms with Gasteiger partial charge in [0.25, 0.3) is 11.8 Å². The monoisotopic (exact) mass is 561 g/mol. The Morgan fingerprint density at radius 3 is 2.55 bits per heavy atom. The number of carbonyl (C=O) groups excluding carboxylic acids is 3. The van der Waals surface area contributed by atoms with Gasteiger partial charge in [-0.1, -0.05) is 73.7 Å². The van der Waals surface area contributed by atoms with Crippen molar-refractivity contribution >= 4 is 45.6 Å². The van der Waals surface area contributed by atoms with Gasteiger partial charge in [0.2, 0.25) is 5.91 Å². The Bertz CT molecular complexity index is 1730. The minimum atomic E-state index is -1.90. The predicted octanol–water partition coefficient (Wildman–Crippen LogP) is 4.87. The van der Waals surface area contributed by atoms with E-state index in [9.17, 15) is 24.6 Å². The standard InChI is InChI=1S/C34H31N3O5/c1-22(8-5-15-30(39)36(18-19-38)21-23-9-3-2-4-10-23)34(42)27-20-25(16-17-28(27)35-33(34)41)37-29-14-7-12-24-11-6-13-26(31(24)29)32(37)40/h2-14,16-17,20,22,38,42H,15,18-19,21H2,1H3,(H,35,41)/b8-5+/t22-,34+/m1/s1. The van der Waals surface area contributed by atoms with E-state index in [0.29, 0.717) is 29.0 Å². The zero-order chi connectivity index (χ0) is 29.4. The maximum atomic E-state index is 13.5. The Labute approximate surface area is 243 Å². The molecule has 4 aromatic carbocycles. The van der Waals surface area contributed by atoms with Crippen LogP contribution < -0.4 is 10.2 Å². The summed E-state index contributed by atoms with van der Waals surface area (Å²) in [4.78, 5) is 42.8. The zero-order valence-electron chi connectivity index (χ0n) is 23.2. The Morgan fingerprint density at radius 1 is 1.02 bits per heavy atom. The van der Waals surface area contributed by atoms with E-state index in [1.54, 1.807) is 53.1 Å². The van der Waals surface area contributed by atoms with Gasteiger partial charge in [0, 0.05) is 47.8 Å². The first-order valence-electron chi connectivity index (χ1n) is 14.0. The number of amides is 3. The fraction of sp³-hybridized carbons (Fsp3) is 0.206. The molecular formula is C34H31N3O5. The van der Waals surface area contributed by atoms with Crippen LogP contribution in [0.2, 0.25) is 0 Å². The second kappa shape index (κ2) is 10.9. The number of hydrogen-bond donors (Lipinski definition) is 3. The summed E-state index contributed by atoms with van der Waals surface area (Å²) in [5.74, 6) is -1.60. The van der Waals surface area contributed by atoms with E-state index in [0.717, 1.165) is 22.0 Å². The maximum absolute atomic E-state index is 13.5. The van der Waals surface area contributed by atoms with Crippen molar-refractivity contribution in [2.24, 2.45) is 5.92 Å². The van der Waals surface area contributed by atoms with Gasteiger partial charge in [-0.15, -0.1) is 0 Å². The first-order chi connectivity index (χ1) is 20.3. The molecule has 212 valence electrons. The largest absolute Gasteiger partial charge is 0.395 e. The Kier molecular flexibility index (Phi) is 7.10. The van der Waals surface area contributed by atoms with Crippen molar-refractivity contribution in [3.63, 3.8) is 0 Å². The Balaban J connectivity index is 1.24. The smallest absolute Gasteiger partial charge is 0.263 e. The van der Waals surface area contributed by atoms with Gasteiger partial charge in [0.15, 0.2) is 5.60 Å². The van der Waals surface area contributed by atoms with Crippen LogP contribution in [-0.2, 0) is 21.7 Å². The lowest BCUT2D eigenvalue weighted by molar-refractivity contribution is -0.137. The topological polar surface area (TPSA) is 110 Å². The van der Waals surface area contributed by atoms with Crippen LogP contribution in [0.1, 0.15) is 34.8 Å².